The number of hydrogen-bond acceptors (Lipinski definition) is 7. The summed E-state index contributed by atoms with van der Waals surface area (Å²) in [6.45, 7) is 1.88. The number of fused-ring (bicyclic) bond motifs is 1. The lowest BCUT2D eigenvalue weighted by atomic mass is 10.1. The van der Waals surface area contributed by atoms with Gasteiger partial charge in [-0.05, 0) is 25.1 Å². The molecule has 0 spiro atoms. The number of nitrogens with zero attached hydrogens (tertiary/aromatic N) is 3. The minimum absolute atomic E-state index is 0.0861. The molecule has 8 nitrogen and oxygen atoms in total. The molecule has 2 heterocycles. The lowest BCUT2D eigenvalue weighted by molar-refractivity contribution is -0.383. The van der Waals surface area contributed by atoms with Gasteiger partial charge >= 0.3 is 0 Å². The third kappa shape index (κ3) is 2.67. The lowest BCUT2D eigenvalue weighted by Crippen LogP contribution is -1.96. The van der Waals surface area contributed by atoms with Crippen LogP contribution in [0.4, 0.5) is 11.4 Å². The maximum Gasteiger partial charge on any atom is 0.292 e. The van der Waals surface area contributed by atoms with Crippen LogP contribution in [-0.2, 0) is 6.42 Å². The average Bonchev–Trinajstić information content (AvgIpc) is 3.21. The Hall–Kier alpha value is -3.68. The van der Waals surface area contributed by atoms with Gasteiger partial charge in [0.25, 0.3) is 5.69 Å². The van der Waals surface area contributed by atoms with Crippen LogP contribution in [-0.4, -0.2) is 15.1 Å². The zero-order valence-electron chi connectivity index (χ0n) is 13.8. The summed E-state index contributed by atoms with van der Waals surface area (Å²) in [6, 6.07) is 12.1. The van der Waals surface area contributed by atoms with E-state index in [9.17, 15) is 10.1 Å². The van der Waals surface area contributed by atoms with Crippen molar-refractivity contribution in [3.8, 4) is 11.4 Å². The molecule has 8 heteroatoms. The monoisotopic (exact) mass is 350 g/mol. The number of hydrogen-bond donors (Lipinski definition) is 1. The molecule has 0 aliphatic rings. The van der Waals surface area contributed by atoms with Crippen molar-refractivity contribution in [1.82, 2.24) is 10.1 Å². The van der Waals surface area contributed by atoms with Gasteiger partial charge in [-0.1, -0.05) is 23.4 Å². The van der Waals surface area contributed by atoms with E-state index in [1.807, 2.05) is 31.2 Å². The predicted molar refractivity (Wildman–Crippen MR) is 94.6 cm³/mol. The summed E-state index contributed by atoms with van der Waals surface area (Å²) in [4.78, 5) is 14.8. The van der Waals surface area contributed by atoms with Crippen LogP contribution < -0.4 is 5.73 Å². The first-order valence-electron chi connectivity index (χ1n) is 7.87. The highest BCUT2D eigenvalue weighted by Crippen LogP contribution is 2.29. The van der Waals surface area contributed by atoms with Gasteiger partial charge in [0.2, 0.25) is 11.7 Å². The van der Waals surface area contributed by atoms with Crippen molar-refractivity contribution >= 4 is 22.3 Å². The Labute approximate surface area is 147 Å². The number of nitro benzene ring substituents is 1. The van der Waals surface area contributed by atoms with Crippen LogP contribution in [0.15, 0.2) is 51.4 Å². The van der Waals surface area contributed by atoms with Crippen molar-refractivity contribution in [3.05, 3.63) is 69.8 Å². The summed E-state index contributed by atoms with van der Waals surface area (Å²) in [5.74, 6) is 1.46. The number of nitro groups is 1. The second-order valence-electron chi connectivity index (χ2n) is 5.85. The number of para-hydroxylation sites is 1. The second kappa shape index (κ2) is 5.99. The highest BCUT2D eigenvalue weighted by atomic mass is 16.6. The van der Waals surface area contributed by atoms with E-state index in [0.29, 0.717) is 17.9 Å². The molecule has 0 aliphatic heterocycles. The van der Waals surface area contributed by atoms with Crippen LogP contribution in [0, 0.1) is 17.0 Å². The summed E-state index contributed by atoms with van der Waals surface area (Å²) >= 11 is 0. The standard InChI is InChI=1S/C18H14N4O4/c1-10-13(12-4-2-3-5-16(12)25-10)9-17-20-18(21-26-17)11-6-7-14(19)15(8-11)22(23)24/h2-8H,9,19H2,1H3. The smallest absolute Gasteiger partial charge is 0.292 e. The summed E-state index contributed by atoms with van der Waals surface area (Å²) in [5.41, 5.74) is 7.75. The highest BCUT2D eigenvalue weighted by molar-refractivity contribution is 5.82. The summed E-state index contributed by atoms with van der Waals surface area (Å²) in [6.07, 6.45) is 0.410. The van der Waals surface area contributed by atoms with Gasteiger partial charge in [0.05, 0.1) is 11.3 Å². The van der Waals surface area contributed by atoms with Gasteiger partial charge in [-0.25, -0.2) is 0 Å². The first-order valence-corrected chi connectivity index (χ1v) is 7.87. The second-order valence-corrected chi connectivity index (χ2v) is 5.85. The zero-order valence-corrected chi connectivity index (χ0v) is 13.8. The van der Waals surface area contributed by atoms with E-state index < -0.39 is 4.92 Å². The molecule has 2 aromatic heterocycles. The van der Waals surface area contributed by atoms with Crippen LogP contribution in [0.1, 0.15) is 17.2 Å². The third-order valence-corrected chi connectivity index (χ3v) is 4.18. The molecular formula is C18H14N4O4. The number of benzene rings is 2. The largest absolute Gasteiger partial charge is 0.461 e. The van der Waals surface area contributed by atoms with Crippen LogP contribution >= 0.6 is 0 Å². The van der Waals surface area contributed by atoms with Crippen molar-refractivity contribution in [2.45, 2.75) is 13.3 Å². The maximum atomic E-state index is 11.0. The Morgan fingerprint density at radius 3 is 2.85 bits per heavy atom. The summed E-state index contributed by atoms with van der Waals surface area (Å²) in [7, 11) is 0. The zero-order chi connectivity index (χ0) is 18.3. The first kappa shape index (κ1) is 15.8. The molecular weight excluding hydrogens is 336 g/mol. The molecule has 0 amide bonds. The average molecular weight is 350 g/mol. The van der Waals surface area contributed by atoms with Gasteiger partial charge in [-0.3, -0.25) is 10.1 Å². The molecule has 4 rings (SSSR count). The molecule has 130 valence electrons. The Bertz CT molecular complexity index is 1130. The van der Waals surface area contributed by atoms with E-state index in [4.69, 9.17) is 14.7 Å². The fourth-order valence-electron chi connectivity index (χ4n) is 2.88. The molecule has 4 aromatic rings. The van der Waals surface area contributed by atoms with Crippen molar-refractivity contribution in [3.63, 3.8) is 0 Å². The van der Waals surface area contributed by atoms with Crippen LogP contribution in [0.2, 0.25) is 0 Å². The number of furan rings is 1. The number of aryl methyl sites for hydroxylation is 1. The predicted octanol–water partition coefficient (Wildman–Crippen LogP) is 3.87. The fourth-order valence-corrected chi connectivity index (χ4v) is 2.88. The number of anilines is 1. The molecule has 0 saturated carbocycles. The normalized spacial score (nSPS) is 11.1. The topological polar surface area (TPSA) is 121 Å². The molecule has 0 fully saturated rings. The minimum Gasteiger partial charge on any atom is -0.461 e. The molecule has 26 heavy (non-hydrogen) atoms. The van der Waals surface area contributed by atoms with Crippen LogP contribution in [0.3, 0.4) is 0 Å². The first-order chi connectivity index (χ1) is 12.5. The Kier molecular flexibility index (Phi) is 3.65. The van der Waals surface area contributed by atoms with Crippen molar-refractivity contribution in [2.75, 3.05) is 5.73 Å². The molecule has 0 bridgehead atoms. The molecule has 2 aromatic carbocycles. The van der Waals surface area contributed by atoms with Crippen LogP contribution in [0.25, 0.3) is 22.4 Å². The van der Waals surface area contributed by atoms with E-state index >= 15 is 0 Å². The molecule has 2 N–H and O–H groups in total. The fraction of sp³-hybridized carbons (Fsp3) is 0.111. The number of nitrogen functional groups attached to an aromatic ring is 1. The Morgan fingerprint density at radius 1 is 1.23 bits per heavy atom. The third-order valence-electron chi connectivity index (χ3n) is 4.18. The quantitative estimate of drug-likeness (QED) is 0.337. The van der Waals surface area contributed by atoms with E-state index in [0.717, 1.165) is 22.3 Å². The van der Waals surface area contributed by atoms with Crippen molar-refractivity contribution in [1.29, 1.82) is 0 Å². The Balaban J connectivity index is 1.67. The SMILES string of the molecule is Cc1oc2ccccc2c1Cc1nc(-c2ccc(N)c([N+](=O)[O-])c2)no1. The number of rotatable bonds is 4. The van der Waals surface area contributed by atoms with Crippen molar-refractivity contribution < 1.29 is 13.9 Å². The number of nitrogens with two attached hydrogens (primary N) is 1. The van der Waals surface area contributed by atoms with Gasteiger partial charge in [-0.15, -0.1) is 0 Å². The van der Waals surface area contributed by atoms with E-state index in [-0.39, 0.29) is 17.2 Å². The summed E-state index contributed by atoms with van der Waals surface area (Å²) in [5, 5.41) is 16.0. The Morgan fingerprint density at radius 2 is 2.04 bits per heavy atom. The van der Waals surface area contributed by atoms with Gasteiger partial charge < -0.3 is 14.7 Å². The molecule has 0 atom stereocenters. The minimum atomic E-state index is -0.541. The maximum absolute atomic E-state index is 11.0. The van der Waals surface area contributed by atoms with Gasteiger partial charge in [0.15, 0.2) is 0 Å². The van der Waals surface area contributed by atoms with Gasteiger partial charge in [0.1, 0.15) is 17.0 Å². The molecule has 0 saturated heterocycles. The van der Waals surface area contributed by atoms with Gasteiger partial charge in [-0.2, -0.15) is 4.98 Å². The molecule has 0 unspecified atom stereocenters. The van der Waals surface area contributed by atoms with E-state index in [1.54, 1.807) is 6.07 Å². The van der Waals surface area contributed by atoms with Crippen molar-refractivity contribution in [2.24, 2.45) is 0 Å². The van der Waals surface area contributed by atoms with Crippen LogP contribution in [0.5, 0.6) is 0 Å². The number of aromatic nitrogens is 2. The molecule has 0 radical (unpaired) electrons. The van der Waals surface area contributed by atoms with E-state index in [2.05, 4.69) is 10.1 Å². The highest BCUT2D eigenvalue weighted by Gasteiger charge is 2.18. The summed E-state index contributed by atoms with van der Waals surface area (Å²) < 4.78 is 11.1. The van der Waals surface area contributed by atoms with E-state index in [1.165, 1.54) is 12.1 Å². The lowest BCUT2D eigenvalue weighted by Gasteiger charge is -1.98. The molecule has 0 aliphatic carbocycles. The van der Waals surface area contributed by atoms with Gasteiger partial charge in [0, 0.05) is 22.6 Å².